The molecule has 1 N–H and O–H groups in total. The fraction of sp³-hybridized carbons (Fsp3) is 0.625. The van der Waals surface area contributed by atoms with E-state index in [1.165, 1.54) is 6.07 Å². The third-order valence-corrected chi connectivity index (χ3v) is 4.32. The van der Waals surface area contributed by atoms with Gasteiger partial charge in [0.15, 0.2) is 5.76 Å². The number of aromatic carboxylic acids is 1. The Bertz CT molecular complexity index is 555. The van der Waals surface area contributed by atoms with Crippen LogP contribution in [0.15, 0.2) is 10.5 Å². The van der Waals surface area contributed by atoms with Crippen molar-refractivity contribution in [1.82, 2.24) is 4.90 Å². The second-order valence-corrected chi connectivity index (χ2v) is 6.14. The summed E-state index contributed by atoms with van der Waals surface area (Å²) < 4.78 is 10.7. The molecule has 0 aromatic carbocycles. The van der Waals surface area contributed by atoms with Crippen molar-refractivity contribution in [2.45, 2.75) is 33.1 Å². The zero-order valence-corrected chi connectivity index (χ0v) is 13.3. The van der Waals surface area contributed by atoms with Crippen LogP contribution in [0.25, 0.3) is 0 Å². The summed E-state index contributed by atoms with van der Waals surface area (Å²) in [7, 11) is 1.69. The van der Waals surface area contributed by atoms with E-state index in [0.717, 1.165) is 12.8 Å². The van der Waals surface area contributed by atoms with Crippen molar-refractivity contribution in [2.75, 3.05) is 26.8 Å². The van der Waals surface area contributed by atoms with E-state index >= 15 is 0 Å². The van der Waals surface area contributed by atoms with Gasteiger partial charge in [0, 0.05) is 32.7 Å². The number of carbonyl (C=O) groups is 2. The number of nitrogens with zero attached hydrogens (tertiary/aromatic N) is 1. The van der Waals surface area contributed by atoms with Crippen molar-refractivity contribution in [1.29, 1.82) is 0 Å². The molecule has 0 saturated carbocycles. The van der Waals surface area contributed by atoms with Gasteiger partial charge in [0.2, 0.25) is 0 Å². The molecule has 0 unspecified atom stereocenters. The zero-order chi connectivity index (χ0) is 16.3. The van der Waals surface area contributed by atoms with Crippen LogP contribution in [0.2, 0.25) is 0 Å². The number of aryl methyl sites for hydroxylation is 1. The van der Waals surface area contributed by atoms with Gasteiger partial charge in [-0.05, 0) is 18.3 Å². The second kappa shape index (κ2) is 6.52. The lowest BCUT2D eigenvalue weighted by atomic mass is 9.81. The first-order valence-corrected chi connectivity index (χ1v) is 7.54. The molecule has 0 spiro atoms. The average molecular weight is 309 g/mol. The SMILES string of the molecule is CCc1oc(C(=O)N2CCC(C)(COC)CC2)cc1C(=O)O. The lowest BCUT2D eigenvalue weighted by Crippen LogP contribution is -2.43. The number of carboxylic acids is 1. The van der Waals surface area contributed by atoms with Crippen molar-refractivity contribution < 1.29 is 23.8 Å². The van der Waals surface area contributed by atoms with Crippen molar-refractivity contribution in [3.8, 4) is 0 Å². The van der Waals surface area contributed by atoms with E-state index in [0.29, 0.717) is 31.9 Å². The monoisotopic (exact) mass is 309 g/mol. The molecule has 0 atom stereocenters. The number of ether oxygens (including phenoxy) is 1. The van der Waals surface area contributed by atoms with E-state index in [-0.39, 0.29) is 22.6 Å². The predicted molar refractivity (Wildman–Crippen MR) is 80.2 cm³/mol. The zero-order valence-electron chi connectivity index (χ0n) is 13.3. The van der Waals surface area contributed by atoms with Crippen molar-refractivity contribution in [3.63, 3.8) is 0 Å². The quantitative estimate of drug-likeness (QED) is 0.903. The van der Waals surface area contributed by atoms with E-state index in [1.54, 1.807) is 18.9 Å². The molecule has 2 heterocycles. The molecule has 122 valence electrons. The molecular weight excluding hydrogens is 286 g/mol. The fourth-order valence-corrected chi connectivity index (χ4v) is 2.88. The van der Waals surface area contributed by atoms with Crippen molar-refractivity contribution >= 4 is 11.9 Å². The summed E-state index contributed by atoms with van der Waals surface area (Å²) in [6.07, 6.45) is 2.17. The Morgan fingerprint density at radius 3 is 2.50 bits per heavy atom. The highest BCUT2D eigenvalue weighted by Gasteiger charge is 2.33. The van der Waals surface area contributed by atoms with Crippen LogP contribution in [0.3, 0.4) is 0 Å². The van der Waals surface area contributed by atoms with Crippen LogP contribution >= 0.6 is 0 Å². The molecule has 1 saturated heterocycles. The summed E-state index contributed by atoms with van der Waals surface area (Å²) >= 11 is 0. The highest BCUT2D eigenvalue weighted by atomic mass is 16.5. The van der Waals surface area contributed by atoms with Crippen LogP contribution in [0.1, 0.15) is 53.4 Å². The Morgan fingerprint density at radius 1 is 1.41 bits per heavy atom. The van der Waals surface area contributed by atoms with Crippen LogP contribution in [-0.4, -0.2) is 48.7 Å². The van der Waals surface area contributed by atoms with Crippen LogP contribution < -0.4 is 0 Å². The van der Waals surface area contributed by atoms with Gasteiger partial charge in [-0.1, -0.05) is 13.8 Å². The summed E-state index contributed by atoms with van der Waals surface area (Å²) in [4.78, 5) is 25.4. The van der Waals surface area contributed by atoms with E-state index in [2.05, 4.69) is 6.92 Å². The largest absolute Gasteiger partial charge is 0.478 e. The summed E-state index contributed by atoms with van der Waals surface area (Å²) in [6.45, 7) is 5.89. The number of rotatable bonds is 5. The standard InChI is InChI=1S/C16H23NO5/c1-4-12-11(15(19)20)9-13(22-12)14(18)17-7-5-16(2,6-8-17)10-21-3/h9H,4-8,10H2,1-3H3,(H,19,20). The Hall–Kier alpha value is -1.82. The molecule has 1 aromatic heterocycles. The molecule has 1 aliphatic heterocycles. The minimum atomic E-state index is -1.06. The molecular formula is C16H23NO5. The third-order valence-electron chi connectivity index (χ3n) is 4.32. The highest BCUT2D eigenvalue weighted by molar-refractivity contribution is 5.96. The van der Waals surface area contributed by atoms with E-state index in [4.69, 9.17) is 14.3 Å². The lowest BCUT2D eigenvalue weighted by Gasteiger charge is -2.38. The number of hydrogen-bond donors (Lipinski definition) is 1. The third kappa shape index (κ3) is 3.32. The first kappa shape index (κ1) is 16.5. The molecule has 0 radical (unpaired) electrons. The summed E-state index contributed by atoms with van der Waals surface area (Å²) in [5, 5.41) is 9.13. The minimum absolute atomic E-state index is 0.0760. The summed E-state index contributed by atoms with van der Waals surface area (Å²) in [5.74, 6) is -0.839. The van der Waals surface area contributed by atoms with Gasteiger partial charge in [-0.3, -0.25) is 4.79 Å². The van der Waals surface area contributed by atoms with Gasteiger partial charge in [-0.15, -0.1) is 0 Å². The van der Waals surface area contributed by atoms with Gasteiger partial charge in [-0.25, -0.2) is 4.79 Å². The maximum absolute atomic E-state index is 12.5. The second-order valence-electron chi connectivity index (χ2n) is 6.14. The number of amides is 1. The van der Waals surface area contributed by atoms with E-state index in [1.807, 2.05) is 0 Å². The number of carbonyl (C=O) groups excluding carboxylic acids is 1. The molecule has 1 fully saturated rings. The number of carboxylic acid groups (broad SMARTS) is 1. The Balaban J connectivity index is 2.09. The number of piperidine rings is 1. The number of likely N-dealkylation sites (tertiary alicyclic amines) is 1. The number of hydrogen-bond acceptors (Lipinski definition) is 4. The van der Waals surface area contributed by atoms with Crippen LogP contribution in [-0.2, 0) is 11.2 Å². The van der Waals surface area contributed by atoms with Crippen molar-refractivity contribution in [3.05, 3.63) is 23.2 Å². The Kier molecular flexibility index (Phi) is 4.90. The van der Waals surface area contributed by atoms with Gasteiger partial charge in [0.25, 0.3) is 5.91 Å². The molecule has 1 aliphatic rings. The number of furan rings is 1. The molecule has 0 aliphatic carbocycles. The topological polar surface area (TPSA) is 80.0 Å². The van der Waals surface area contributed by atoms with Gasteiger partial charge in [0.1, 0.15) is 11.3 Å². The molecule has 6 heteroatoms. The maximum Gasteiger partial charge on any atom is 0.339 e. The minimum Gasteiger partial charge on any atom is -0.478 e. The van der Waals surface area contributed by atoms with Gasteiger partial charge in [-0.2, -0.15) is 0 Å². The maximum atomic E-state index is 12.5. The van der Waals surface area contributed by atoms with Crippen LogP contribution in [0.4, 0.5) is 0 Å². The van der Waals surface area contributed by atoms with Crippen LogP contribution in [0, 0.1) is 5.41 Å². The Morgan fingerprint density at radius 2 is 2.05 bits per heavy atom. The summed E-state index contributed by atoms with van der Waals surface area (Å²) in [5.41, 5.74) is 0.169. The van der Waals surface area contributed by atoms with Crippen molar-refractivity contribution in [2.24, 2.45) is 5.41 Å². The fourth-order valence-electron chi connectivity index (χ4n) is 2.88. The normalized spacial score (nSPS) is 17.5. The van der Waals surface area contributed by atoms with Crippen LogP contribution in [0.5, 0.6) is 0 Å². The number of methoxy groups -OCH3 is 1. The van der Waals surface area contributed by atoms with Gasteiger partial charge in [0.05, 0.1) is 6.61 Å². The smallest absolute Gasteiger partial charge is 0.339 e. The molecule has 0 bridgehead atoms. The van der Waals surface area contributed by atoms with E-state index < -0.39 is 5.97 Å². The highest BCUT2D eigenvalue weighted by Crippen LogP contribution is 2.32. The predicted octanol–water partition coefficient (Wildman–Crippen LogP) is 2.43. The van der Waals surface area contributed by atoms with Gasteiger partial charge < -0.3 is 19.2 Å². The molecule has 22 heavy (non-hydrogen) atoms. The average Bonchev–Trinajstić information content (AvgIpc) is 2.92. The lowest BCUT2D eigenvalue weighted by molar-refractivity contribution is 0.0286. The molecule has 1 amide bonds. The van der Waals surface area contributed by atoms with Gasteiger partial charge >= 0.3 is 5.97 Å². The Labute approximate surface area is 130 Å². The summed E-state index contributed by atoms with van der Waals surface area (Å²) in [6, 6.07) is 1.34. The first-order chi connectivity index (χ1) is 10.4. The van der Waals surface area contributed by atoms with E-state index in [9.17, 15) is 9.59 Å². The molecule has 6 nitrogen and oxygen atoms in total. The molecule has 1 aromatic rings. The molecule has 2 rings (SSSR count). The first-order valence-electron chi connectivity index (χ1n) is 7.54.